The van der Waals surface area contributed by atoms with Gasteiger partial charge in [0.25, 0.3) is 0 Å². The normalized spacial score (nSPS) is 7.56. The molecule has 2 nitrogen and oxygen atoms in total. The first kappa shape index (κ1) is 26.7. The third-order valence-corrected chi connectivity index (χ3v) is 3.39. The van der Waals surface area contributed by atoms with E-state index < -0.39 is 0 Å². The Morgan fingerprint density at radius 3 is 1.78 bits per heavy atom. The van der Waals surface area contributed by atoms with E-state index in [2.05, 4.69) is 17.9 Å². The van der Waals surface area contributed by atoms with Crippen molar-refractivity contribution >= 4 is 27.6 Å². The molecule has 0 spiro atoms. The van der Waals surface area contributed by atoms with Crippen LogP contribution in [0, 0.1) is 0 Å². The number of carbonyl (C=O) groups is 1. The summed E-state index contributed by atoms with van der Waals surface area (Å²) in [4.78, 5) is 10.3. The average molecular weight is 299 g/mol. The molecule has 0 saturated heterocycles. The molecule has 0 bridgehead atoms. The van der Waals surface area contributed by atoms with E-state index >= 15 is 0 Å². The van der Waals surface area contributed by atoms with E-state index in [0.29, 0.717) is 6.42 Å². The summed E-state index contributed by atoms with van der Waals surface area (Å²) in [5, 5.41) is 0. The number of methoxy groups -OCH3 is 1. The van der Waals surface area contributed by atoms with Gasteiger partial charge in [-0.05, 0) is 19.1 Å². The second-order valence-corrected chi connectivity index (χ2v) is 5.35. The van der Waals surface area contributed by atoms with Crippen molar-refractivity contribution < 1.29 is 9.53 Å². The molecule has 0 amide bonds. The Morgan fingerprint density at radius 1 is 1.06 bits per heavy atom. The van der Waals surface area contributed by atoms with Crippen LogP contribution in [0.2, 0.25) is 0 Å². The molecular formula is C14H34O2S2. The van der Waals surface area contributed by atoms with Gasteiger partial charge in [0, 0.05) is 12.2 Å². The molecular weight excluding hydrogens is 264 g/mol. The van der Waals surface area contributed by atoms with Crippen LogP contribution in [0.4, 0.5) is 0 Å². The molecule has 4 heteroatoms. The molecule has 0 aliphatic rings. The first-order valence-corrected chi connectivity index (χ1v) is 9.68. The van der Waals surface area contributed by atoms with Crippen molar-refractivity contribution in [3.8, 4) is 0 Å². The zero-order chi connectivity index (χ0) is 15.2. The van der Waals surface area contributed by atoms with E-state index in [-0.39, 0.29) is 5.97 Å². The number of hydrogen-bond donors (Lipinski definition) is 0. The minimum absolute atomic E-state index is 0.105. The molecule has 0 aromatic rings. The number of hydrogen-bond acceptors (Lipinski definition) is 4. The summed E-state index contributed by atoms with van der Waals surface area (Å²) in [6.07, 6.45) is 5.96. The molecule has 0 heterocycles. The van der Waals surface area contributed by atoms with Crippen LogP contribution in [-0.4, -0.2) is 25.1 Å². The largest absolute Gasteiger partial charge is 0.469 e. The second kappa shape index (κ2) is 36.0. The Hall–Kier alpha value is 0.170. The molecule has 0 aliphatic heterocycles. The topological polar surface area (TPSA) is 26.3 Å². The fourth-order valence-corrected chi connectivity index (χ4v) is 1.92. The fourth-order valence-electron chi connectivity index (χ4n) is 0.590. The predicted octanol–water partition coefficient (Wildman–Crippen LogP) is 5.81. The SMILES string of the molecule is CC.CC.CCCCC(=O)OC.CCCSSC. The van der Waals surface area contributed by atoms with Crippen molar-refractivity contribution in [2.45, 2.75) is 67.2 Å². The lowest BCUT2D eigenvalue weighted by molar-refractivity contribution is -0.140. The lowest BCUT2D eigenvalue weighted by Crippen LogP contribution is -1.98. The van der Waals surface area contributed by atoms with Crippen LogP contribution >= 0.6 is 21.6 Å². The predicted molar refractivity (Wildman–Crippen MR) is 90.5 cm³/mol. The quantitative estimate of drug-likeness (QED) is 0.351. The maximum atomic E-state index is 10.3. The van der Waals surface area contributed by atoms with Gasteiger partial charge in [0.1, 0.15) is 0 Å². The van der Waals surface area contributed by atoms with Crippen molar-refractivity contribution in [1.29, 1.82) is 0 Å². The number of esters is 1. The van der Waals surface area contributed by atoms with Crippen LogP contribution in [0.5, 0.6) is 0 Å². The average Bonchev–Trinajstić information content (AvgIpc) is 2.47. The Morgan fingerprint density at radius 2 is 1.56 bits per heavy atom. The van der Waals surface area contributed by atoms with Gasteiger partial charge < -0.3 is 4.74 Å². The van der Waals surface area contributed by atoms with Crippen molar-refractivity contribution in [2.24, 2.45) is 0 Å². The zero-order valence-corrected chi connectivity index (χ0v) is 15.3. The van der Waals surface area contributed by atoms with Gasteiger partial charge in [0.15, 0.2) is 0 Å². The van der Waals surface area contributed by atoms with Crippen LogP contribution in [-0.2, 0) is 9.53 Å². The highest BCUT2D eigenvalue weighted by Gasteiger charge is 1.95. The maximum Gasteiger partial charge on any atom is 0.305 e. The molecule has 114 valence electrons. The summed E-state index contributed by atoms with van der Waals surface area (Å²) < 4.78 is 4.41. The van der Waals surface area contributed by atoms with Gasteiger partial charge in [0.05, 0.1) is 7.11 Å². The molecule has 0 fully saturated rings. The van der Waals surface area contributed by atoms with Gasteiger partial charge in [-0.25, -0.2) is 0 Å². The Labute approximate surface area is 123 Å². The van der Waals surface area contributed by atoms with E-state index in [4.69, 9.17) is 0 Å². The molecule has 0 radical (unpaired) electrons. The fraction of sp³-hybridized carbons (Fsp3) is 0.929. The zero-order valence-electron chi connectivity index (χ0n) is 13.7. The highest BCUT2D eigenvalue weighted by molar-refractivity contribution is 8.76. The first-order chi connectivity index (χ1) is 8.72. The smallest absolute Gasteiger partial charge is 0.305 e. The van der Waals surface area contributed by atoms with E-state index in [1.54, 1.807) is 0 Å². The van der Waals surface area contributed by atoms with Gasteiger partial charge in [-0.1, -0.05) is 69.6 Å². The van der Waals surface area contributed by atoms with Crippen molar-refractivity contribution in [2.75, 3.05) is 19.1 Å². The molecule has 0 aromatic heterocycles. The standard InChI is InChI=1S/C6H12O2.C4H10S2.2C2H6/c1-3-4-5-6(7)8-2;1-3-4-6-5-2;2*1-2/h3-5H2,1-2H3;3-4H2,1-2H3;2*1-2H3. The number of ether oxygens (including phenoxy) is 1. The van der Waals surface area contributed by atoms with Gasteiger partial charge in [-0.2, -0.15) is 0 Å². The molecule has 0 rings (SSSR count). The monoisotopic (exact) mass is 298 g/mol. The minimum atomic E-state index is -0.105. The first-order valence-electron chi connectivity index (χ1n) is 6.95. The summed E-state index contributed by atoms with van der Waals surface area (Å²) in [6, 6.07) is 0. The van der Waals surface area contributed by atoms with Crippen LogP contribution in [0.1, 0.15) is 67.2 Å². The summed E-state index contributed by atoms with van der Waals surface area (Å²) >= 11 is 0. The number of carbonyl (C=O) groups excluding carboxylic acids is 1. The van der Waals surface area contributed by atoms with Crippen molar-refractivity contribution in [3.05, 3.63) is 0 Å². The molecule has 0 unspecified atom stereocenters. The van der Waals surface area contributed by atoms with Crippen LogP contribution in [0.3, 0.4) is 0 Å². The summed E-state index contributed by atoms with van der Waals surface area (Å²) in [5.74, 6) is 1.19. The minimum Gasteiger partial charge on any atom is -0.469 e. The van der Waals surface area contributed by atoms with Crippen LogP contribution < -0.4 is 0 Å². The lowest BCUT2D eigenvalue weighted by atomic mass is 10.3. The molecule has 0 aromatic carbocycles. The summed E-state index contributed by atoms with van der Waals surface area (Å²) in [5.41, 5.74) is 0. The third-order valence-electron chi connectivity index (χ3n) is 1.37. The molecule has 0 aliphatic carbocycles. The van der Waals surface area contributed by atoms with Gasteiger partial charge in [-0.3, -0.25) is 4.79 Å². The molecule has 0 atom stereocenters. The Bertz CT molecular complexity index is 116. The lowest BCUT2D eigenvalue weighted by Gasteiger charge is -1.93. The highest BCUT2D eigenvalue weighted by Crippen LogP contribution is 2.16. The van der Waals surface area contributed by atoms with Crippen molar-refractivity contribution in [1.82, 2.24) is 0 Å². The van der Waals surface area contributed by atoms with Gasteiger partial charge in [-0.15, -0.1) is 0 Å². The highest BCUT2D eigenvalue weighted by atomic mass is 33.1. The van der Waals surface area contributed by atoms with E-state index in [1.165, 1.54) is 19.3 Å². The van der Waals surface area contributed by atoms with Gasteiger partial charge in [0.2, 0.25) is 0 Å². The Balaban J connectivity index is -0.0000000869. The number of rotatable bonds is 6. The van der Waals surface area contributed by atoms with Gasteiger partial charge >= 0.3 is 5.97 Å². The summed E-state index contributed by atoms with van der Waals surface area (Å²) in [6.45, 7) is 12.2. The van der Waals surface area contributed by atoms with Crippen molar-refractivity contribution in [3.63, 3.8) is 0 Å². The third kappa shape index (κ3) is 44.3. The maximum absolute atomic E-state index is 10.3. The Kier molecular flexibility index (Phi) is 53.3. The molecule has 0 saturated carbocycles. The molecule has 18 heavy (non-hydrogen) atoms. The van der Waals surface area contributed by atoms with Crippen LogP contribution in [0.25, 0.3) is 0 Å². The molecule has 0 N–H and O–H groups in total. The number of unbranched alkanes of at least 4 members (excludes halogenated alkanes) is 1. The van der Waals surface area contributed by atoms with E-state index in [9.17, 15) is 4.79 Å². The van der Waals surface area contributed by atoms with E-state index in [0.717, 1.165) is 12.8 Å². The second-order valence-electron chi connectivity index (χ2n) is 2.67. The van der Waals surface area contributed by atoms with E-state index in [1.807, 2.05) is 56.2 Å². The summed E-state index contributed by atoms with van der Waals surface area (Å²) in [7, 11) is 5.18. The van der Waals surface area contributed by atoms with Crippen LogP contribution in [0.15, 0.2) is 0 Å².